The molecule has 3 heterocycles. The van der Waals surface area contributed by atoms with Gasteiger partial charge in [-0.3, -0.25) is 9.89 Å². The molecule has 3 rings (SSSR count). The lowest BCUT2D eigenvalue weighted by Crippen LogP contribution is -2.12. The first-order valence-electron chi connectivity index (χ1n) is 6.39. The number of carbonyl (C=O) groups excluding carboxylic acids is 1. The third-order valence-corrected chi connectivity index (χ3v) is 2.75. The lowest BCUT2D eigenvalue weighted by Gasteiger charge is -1.98. The molecule has 0 aliphatic rings. The van der Waals surface area contributed by atoms with E-state index in [1.54, 1.807) is 18.2 Å². The van der Waals surface area contributed by atoms with E-state index in [-0.39, 0.29) is 12.3 Å². The normalized spacial score (nSPS) is 10.7. The van der Waals surface area contributed by atoms with Crippen molar-refractivity contribution < 1.29 is 13.7 Å². The van der Waals surface area contributed by atoms with Crippen molar-refractivity contribution in [3.8, 4) is 11.6 Å². The lowest BCUT2D eigenvalue weighted by molar-refractivity contribution is -0.116. The molecular weight excluding hydrogens is 274 g/mol. The molecule has 21 heavy (non-hydrogen) atoms. The molecule has 108 valence electrons. The van der Waals surface area contributed by atoms with Gasteiger partial charge in [0.25, 0.3) is 0 Å². The van der Waals surface area contributed by atoms with Gasteiger partial charge in [-0.05, 0) is 19.1 Å². The summed E-state index contributed by atoms with van der Waals surface area (Å²) in [5.74, 6) is 1.62. The molecule has 0 saturated carbocycles. The molecule has 0 spiro atoms. The van der Waals surface area contributed by atoms with Crippen molar-refractivity contribution in [2.24, 2.45) is 0 Å². The molecule has 0 atom stereocenters. The van der Waals surface area contributed by atoms with Gasteiger partial charge in [-0.1, -0.05) is 5.16 Å². The second-order valence-corrected chi connectivity index (χ2v) is 4.47. The number of nitrogens with one attached hydrogen (secondary N) is 2. The van der Waals surface area contributed by atoms with Gasteiger partial charge >= 0.3 is 0 Å². The molecule has 8 nitrogen and oxygen atoms in total. The van der Waals surface area contributed by atoms with Crippen LogP contribution in [0.2, 0.25) is 0 Å². The second kappa shape index (κ2) is 5.61. The predicted octanol–water partition coefficient (Wildman–Crippen LogP) is 1.93. The maximum absolute atomic E-state index is 11.8. The van der Waals surface area contributed by atoms with E-state index in [0.29, 0.717) is 29.7 Å². The van der Waals surface area contributed by atoms with Crippen molar-refractivity contribution in [2.45, 2.75) is 19.8 Å². The Labute approximate surface area is 119 Å². The van der Waals surface area contributed by atoms with Crippen molar-refractivity contribution >= 4 is 11.7 Å². The summed E-state index contributed by atoms with van der Waals surface area (Å²) in [5.41, 5.74) is 0.880. The highest BCUT2D eigenvalue weighted by Crippen LogP contribution is 2.16. The first kappa shape index (κ1) is 13.1. The molecule has 0 aliphatic carbocycles. The highest BCUT2D eigenvalue weighted by atomic mass is 16.5. The molecule has 0 radical (unpaired) electrons. The Balaban J connectivity index is 1.54. The molecule has 0 aromatic carbocycles. The fourth-order valence-corrected chi connectivity index (χ4v) is 1.77. The largest absolute Gasteiger partial charge is 0.461 e. The van der Waals surface area contributed by atoms with E-state index in [9.17, 15) is 4.79 Å². The Hall–Kier alpha value is -2.90. The third-order valence-electron chi connectivity index (χ3n) is 2.75. The third kappa shape index (κ3) is 3.16. The van der Waals surface area contributed by atoms with Crippen molar-refractivity contribution in [3.63, 3.8) is 0 Å². The SMILES string of the molecule is Cc1cc(NC(=O)CCc2nc(-c3ccco3)no2)n[nH]1. The Morgan fingerprint density at radius 2 is 2.38 bits per heavy atom. The van der Waals surface area contributed by atoms with Crippen LogP contribution in [0.25, 0.3) is 11.6 Å². The van der Waals surface area contributed by atoms with E-state index < -0.39 is 0 Å². The van der Waals surface area contributed by atoms with Gasteiger partial charge < -0.3 is 14.3 Å². The predicted molar refractivity (Wildman–Crippen MR) is 72.3 cm³/mol. The standard InChI is InChI=1S/C13H13N5O3/c1-8-7-10(17-16-8)14-11(19)4-5-12-15-13(18-21-12)9-3-2-6-20-9/h2-3,6-7H,4-5H2,1H3,(H2,14,16,17,19). The zero-order valence-electron chi connectivity index (χ0n) is 11.3. The second-order valence-electron chi connectivity index (χ2n) is 4.47. The van der Waals surface area contributed by atoms with Crippen molar-refractivity contribution in [2.75, 3.05) is 5.32 Å². The molecule has 1 amide bonds. The summed E-state index contributed by atoms with van der Waals surface area (Å²) in [6.45, 7) is 1.86. The van der Waals surface area contributed by atoms with Gasteiger partial charge in [-0.15, -0.1) is 0 Å². The van der Waals surface area contributed by atoms with E-state index in [4.69, 9.17) is 8.94 Å². The number of anilines is 1. The summed E-state index contributed by atoms with van der Waals surface area (Å²) in [7, 11) is 0. The molecule has 8 heteroatoms. The molecule has 0 saturated heterocycles. The summed E-state index contributed by atoms with van der Waals surface area (Å²) >= 11 is 0. The summed E-state index contributed by atoms with van der Waals surface area (Å²) < 4.78 is 10.2. The highest BCUT2D eigenvalue weighted by molar-refractivity contribution is 5.89. The van der Waals surface area contributed by atoms with Crippen LogP contribution in [-0.2, 0) is 11.2 Å². The first-order chi connectivity index (χ1) is 10.2. The number of aryl methyl sites for hydroxylation is 2. The van der Waals surface area contributed by atoms with Crippen LogP contribution >= 0.6 is 0 Å². The molecule has 0 aliphatic heterocycles. The average Bonchev–Trinajstić information content (AvgIpc) is 3.17. The van der Waals surface area contributed by atoms with E-state index >= 15 is 0 Å². The Morgan fingerprint density at radius 1 is 1.48 bits per heavy atom. The number of nitrogens with zero attached hydrogens (tertiary/aromatic N) is 3. The van der Waals surface area contributed by atoms with E-state index in [1.807, 2.05) is 6.92 Å². The number of hydrogen-bond acceptors (Lipinski definition) is 6. The van der Waals surface area contributed by atoms with Gasteiger partial charge in [-0.2, -0.15) is 10.1 Å². The quantitative estimate of drug-likeness (QED) is 0.742. The number of hydrogen-bond donors (Lipinski definition) is 2. The van der Waals surface area contributed by atoms with Crippen LogP contribution < -0.4 is 5.32 Å². The number of furan rings is 1. The number of rotatable bonds is 5. The van der Waals surface area contributed by atoms with Crippen molar-refractivity contribution in [3.05, 3.63) is 36.0 Å². The van der Waals surface area contributed by atoms with Gasteiger partial charge in [0.05, 0.1) is 6.26 Å². The summed E-state index contributed by atoms with van der Waals surface area (Å²) in [6.07, 6.45) is 2.11. The first-order valence-corrected chi connectivity index (χ1v) is 6.39. The van der Waals surface area contributed by atoms with E-state index in [0.717, 1.165) is 5.69 Å². The molecule has 3 aromatic heterocycles. The van der Waals surface area contributed by atoms with E-state index in [2.05, 4.69) is 25.7 Å². The average molecular weight is 287 g/mol. The molecule has 2 N–H and O–H groups in total. The minimum atomic E-state index is -0.167. The van der Waals surface area contributed by atoms with Crippen LogP contribution in [0.5, 0.6) is 0 Å². The number of aromatic amines is 1. The van der Waals surface area contributed by atoms with Gasteiger partial charge in [0.15, 0.2) is 11.6 Å². The van der Waals surface area contributed by atoms with Crippen LogP contribution in [0.4, 0.5) is 5.82 Å². The van der Waals surface area contributed by atoms with Crippen LogP contribution in [0.1, 0.15) is 18.0 Å². The number of aromatic nitrogens is 4. The monoisotopic (exact) mass is 287 g/mol. The maximum Gasteiger partial charge on any atom is 0.238 e. The minimum Gasteiger partial charge on any atom is -0.461 e. The zero-order valence-corrected chi connectivity index (χ0v) is 11.3. The number of amides is 1. The van der Waals surface area contributed by atoms with Gasteiger partial charge in [-0.25, -0.2) is 0 Å². The molecule has 3 aromatic rings. The molecule has 0 bridgehead atoms. The Bertz CT molecular complexity index is 729. The number of H-pyrrole nitrogens is 1. The molecule has 0 fully saturated rings. The zero-order chi connectivity index (χ0) is 14.7. The summed E-state index contributed by atoms with van der Waals surface area (Å²) in [5, 5.41) is 13.2. The molecule has 0 unspecified atom stereocenters. The van der Waals surface area contributed by atoms with E-state index in [1.165, 1.54) is 6.26 Å². The van der Waals surface area contributed by atoms with Crippen molar-refractivity contribution in [1.29, 1.82) is 0 Å². The fraction of sp³-hybridized carbons (Fsp3) is 0.231. The van der Waals surface area contributed by atoms with Crippen molar-refractivity contribution in [1.82, 2.24) is 20.3 Å². The summed E-state index contributed by atoms with van der Waals surface area (Å²) in [4.78, 5) is 15.9. The van der Waals surface area contributed by atoms with Crippen LogP contribution in [0.15, 0.2) is 33.4 Å². The van der Waals surface area contributed by atoms with Gasteiger partial charge in [0.2, 0.25) is 17.6 Å². The van der Waals surface area contributed by atoms with Crippen LogP contribution in [-0.4, -0.2) is 26.2 Å². The van der Waals surface area contributed by atoms with Gasteiger partial charge in [0.1, 0.15) is 0 Å². The maximum atomic E-state index is 11.8. The van der Waals surface area contributed by atoms with Crippen LogP contribution in [0.3, 0.4) is 0 Å². The fourth-order valence-electron chi connectivity index (χ4n) is 1.77. The van der Waals surface area contributed by atoms with Crippen LogP contribution in [0, 0.1) is 6.92 Å². The molecular formula is C13H13N5O3. The number of carbonyl (C=O) groups is 1. The smallest absolute Gasteiger partial charge is 0.238 e. The van der Waals surface area contributed by atoms with Gasteiger partial charge in [0, 0.05) is 24.6 Å². The Kier molecular flexibility index (Phi) is 3.50. The minimum absolute atomic E-state index is 0.167. The highest BCUT2D eigenvalue weighted by Gasteiger charge is 2.12. The lowest BCUT2D eigenvalue weighted by atomic mass is 10.3. The Morgan fingerprint density at radius 3 is 3.10 bits per heavy atom. The topological polar surface area (TPSA) is 110 Å². The summed E-state index contributed by atoms with van der Waals surface area (Å²) in [6, 6.07) is 5.23.